The molecule has 1 atom stereocenters. The Kier molecular flexibility index (Phi) is 3.70. The van der Waals surface area contributed by atoms with E-state index in [4.69, 9.17) is 19.7 Å². The Bertz CT molecular complexity index is 626. The van der Waals surface area contributed by atoms with Gasteiger partial charge in [0.05, 0.1) is 12.7 Å². The summed E-state index contributed by atoms with van der Waals surface area (Å²) in [6, 6.07) is 7.38. The van der Waals surface area contributed by atoms with Crippen molar-refractivity contribution in [1.82, 2.24) is 10.1 Å². The number of ether oxygens (including phenoxy) is 2. The number of likely N-dealkylation sites (tertiary alicyclic amines) is 1. The maximum atomic E-state index is 6.08. The molecular formula is C15H19N3O3. The molecule has 0 amide bonds. The van der Waals surface area contributed by atoms with E-state index in [9.17, 15) is 0 Å². The second kappa shape index (κ2) is 5.65. The van der Waals surface area contributed by atoms with E-state index in [1.54, 1.807) is 13.2 Å². The van der Waals surface area contributed by atoms with E-state index in [1.807, 2.05) is 18.2 Å². The van der Waals surface area contributed by atoms with Crippen LogP contribution in [0.15, 0.2) is 28.8 Å². The molecule has 6 nitrogen and oxygen atoms in total. The summed E-state index contributed by atoms with van der Waals surface area (Å²) in [7, 11) is 3.71. The smallest absolute Gasteiger partial charge is 0.172 e. The van der Waals surface area contributed by atoms with Crippen LogP contribution in [0.25, 0.3) is 11.3 Å². The van der Waals surface area contributed by atoms with Crippen LogP contribution in [0.3, 0.4) is 0 Å². The number of nitrogen functional groups attached to an aromatic ring is 1. The van der Waals surface area contributed by atoms with Crippen LogP contribution in [0.2, 0.25) is 0 Å². The van der Waals surface area contributed by atoms with Crippen molar-refractivity contribution in [2.24, 2.45) is 0 Å². The fraction of sp³-hybridized carbons (Fsp3) is 0.400. The number of para-hydroxylation sites is 1. The highest BCUT2D eigenvalue weighted by Gasteiger charge is 2.23. The number of benzene rings is 1. The Balaban J connectivity index is 1.90. The highest BCUT2D eigenvalue weighted by atomic mass is 16.5. The zero-order valence-electron chi connectivity index (χ0n) is 12.2. The number of nitrogens with zero attached hydrogens (tertiary/aromatic N) is 2. The Hall–Kier alpha value is -2.21. The lowest BCUT2D eigenvalue weighted by Gasteiger charge is -2.17. The molecule has 21 heavy (non-hydrogen) atoms. The average molecular weight is 289 g/mol. The molecule has 3 rings (SSSR count). The standard InChI is InChI=1S/C15H19N3O3/c1-18-7-6-10(9-18)20-12-5-3-4-11(15(12)19-2)13-8-14(16)17-21-13/h3-5,8,10H,6-7,9H2,1-2H3,(H2,16,17). The highest BCUT2D eigenvalue weighted by Crippen LogP contribution is 2.39. The summed E-state index contributed by atoms with van der Waals surface area (Å²) in [4.78, 5) is 2.25. The summed E-state index contributed by atoms with van der Waals surface area (Å²) in [6.07, 6.45) is 1.19. The second-order valence-corrected chi connectivity index (χ2v) is 5.24. The molecular weight excluding hydrogens is 270 g/mol. The van der Waals surface area contributed by atoms with E-state index in [0.717, 1.165) is 25.1 Å². The molecule has 2 N–H and O–H groups in total. The number of hydrogen-bond acceptors (Lipinski definition) is 6. The van der Waals surface area contributed by atoms with Crippen LogP contribution >= 0.6 is 0 Å². The molecule has 0 bridgehead atoms. The van der Waals surface area contributed by atoms with Gasteiger partial charge in [-0.15, -0.1) is 0 Å². The van der Waals surface area contributed by atoms with Crippen molar-refractivity contribution < 1.29 is 14.0 Å². The molecule has 1 unspecified atom stereocenters. The number of rotatable bonds is 4. The van der Waals surface area contributed by atoms with Crippen LogP contribution < -0.4 is 15.2 Å². The number of aromatic nitrogens is 1. The topological polar surface area (TPSA) is 73.8 Å². The van der Waals surface area contributed by atoms with Gasteiger partial charge in [0.1, 0.15) is 6.10 Å². The van der Waals surface area contributed by atoms with Gasteiger partial charge in [-0.25, -0.2) is 0 Å². The average Bonchev–Trinajstić information content (AvgIpc) is 3.07. The molecule has 1 saturated heterocycles. The summed E-state index contributed by atoms with van der Waals surface area (Å²) < 4.78 is 16.8. The van der Waals surface area contributed by atoms with Crippen LogP contribution in [0.4, 0.5) is 5.82 Å². The Labute approximate surface area is 123 Å². The molecule has 1 aromatic heterocycles. The molecule has 0 aliphatic carbocycles. The fourth-order valence-electron chi connectivity index (χ4n) is 2.60. The largest absolute Gasteiger partial charge is 0.492 e. The first-order chi connectivity index (χ1) is 10.2. The third-order valence-electron chi connectivity index (χ3n) is 3.62. The first-order valence-electron chi connectivity index (χ1n) is 6.92. The van der Waals surface area contributed by atoms with Gasteiger partial charge in [0.25, 0.3) is 0 Å². The van der Waals surface area contributed by atoms with Crippen molar-refractivity contribution in [3.63, 3.8) is 0 Å². The zero-order chi connectivity index (χ0) is 14.8. The number of nitrogens with two attached hydrogens (primary N) is 1. The van der Waals surface area contributed by atoms with E-state index in [2.05, 4.69) is 17.1 Å². The van der Waals surface area contributed by atoms with E-state index < -0.39 is 0 Å². The van der Waals surface area contributed by atoms with Gasteiger partial charge in [-0.3, -0.25) is 0 Å². The van der Waals surface area contributed by atoms with Gasteiger partial charge in [0, 0.05) is 19.2 Å². The van der Waals surface area contributed by atoms with Gasteiger partial charge in [-0.05, 0) is 25.6 Å². The van der Waals surface area contributed by atoms with E-state index >= 15 is 0 Å². The summed E-state index contributed by atoms with van der Waals surface area (Å²) >= 11 is 0. The first kappa shape index (κ1) is 13.8. The van der Waals surface area contributed by atoms with Gasteiger partial charge >= 0.3 is 0 Å². The Morgan fingerprint density at radius 3 is 2.90 bits per heavy atom. The molecule has 1 aliphatic heterocycles. The van der Waals surface area contributed by atoms with Crippen LogP contribution in [0.1, 0.15) is 6.42 Å². The SMILES string of the molecule is COc1c(OC2CCN(C)C2)cccc1-c1cc(N)no1. The molecule has 0 radical (unpaired) electrons. The lowest BCUT2D eigenvalue weighted by atomic mass is 10.1. The predicted octanol–water partition coefficient (Wildman–Crippen LogP) is 2.02. The minimum absolute atomic E-state index is 0.180. The van der Waals surface area contributed by atoms with Crippen LogP contribution in [-0.2, 0) is 0 Å². The summed E-state index contributed by atoms with van der Waals surface area (Å²) in [6.45, 7) is 1.97. The minimum Gasteiger partial charge on any atom is -0.492 e. The lowest BCUT2D eigenvalue weighted by Crippen LogP contribution is -2.21. The van der Waals surface area contributed by atoms with Gasteiger partial charge < -0.3 is 24.6 Å². The van der Waals surface area contributed by atoms with Gasteiger partial charge in [-0.1, -0.05) is 11.2 Å². The Morgan fingerprint density at radius 1 is 1.43 bits per heavy atom. The van der Waals surface area contributed by atoms with E-state index in [1.165, 1.54) is 0 Å². The zero-order valence-corrected chi connectivity index (χ0v) is 12.2. The molecule has 1 aliphatic rings. The maximum Gasteiger partial charge on any atom is 0.172 e. The van der Waals surface area contributed by atoms with E-state index in [-0.39, 0.29) is 6.10 Å². The molecule has 6 heteroatoms. The van der Waals surface area contributed by atoms with Crippen LogP contribution in [-0.4, -0.2) is 43.4 Å². The number of anilines is 1. The van der Waals surface area contributed by atoms with Gasteiger partial charge in [-0.2, -0.15) is 0 Å². The molecule has 1 aromatic carbocycles. The molecule has 2 aromatic rings. The van der Waals surface area contributed by atoms with Crippen molar-refractivity contribution in [2.45, 2.75) is 12.5 Å². The summed E-state index contributed by atoms with van der Waals surface area (Å²) in [5.41, 5.74) is 6.39. The number of methoxy groups -OCH3 is 1. The normalized spacial score (nSPS) is 18.9. The van der Waals surface area contributed by atoms with Crippen LogP contribution in [0.5, 0.6) is 11.5 Å². The van der Waals surface area contributed by atoms with Crippen molar-refractivity contribution in [3.05, 3.63) is 24.3 Å². The molecule has 0 spiro atoms. The van der Waals surface area contributed by atoms with Crippen LogP contribution in [0, 0.1) is 0 Å². The first-order valence-corrected chi connectivity index (χ1v) is 6.92. The number of hydrogen-bond donors (Lipinski definition) is 1. The van der Waals surface area contributed by atoms with Crippen molar-refractivity contribution in [1.29, 1.82) is 0 Å². The summed E-state index contributed by atoms with van der Waals surface area (Å²) in [5, 5.41) is 3.71. The number of likely N-dealkylation sites (N-methyl/N-ethyl adjacent to an activating group) is 1. The van der Waals surface area contributed by atoms with Gasteiger partial charge in [0.15, 0.2) is 23.1 Å². The predicted molar refractivity (Wildman–Crippen MR) is 79.4 cm³/mol. The Morgan fingerprint density at radius 2 is 2.29 bits per heavy atom. The maximum absolute atomic E-state index is 6.08. The molecule has 0 saturated carbocycles. The molecule has 2 heterocycles. The lowest BCUT2D eigenvalue weighted by molar-refractivity contribution is 0.199. The van der Waals surface area contributed by atoms with E-state index in [0.29, 0.717) is 23.1 Å². The second-order valence-electron chi connectivity index (χ2n) is 5.24. The highest BCUT2D eigenvalue weighted by molar-refractivity contribution is 5.71. The van der Waals surface area contributed by atoms with Crippen molar-refractivity contribution in [2.75, 3.05) is 33.0 Å². The quantitative estimate of drug-likeness (QED) is 0.928. The third kappa shape index (κ3) is 2.80. The van der Waals surface area contributed by atoms with Gasteiger partial charge in [0.2, 0.25) is 0 Å². The van der Waals surface area contributed by atoms with Crippen molar-refractivity contribution >= 4 is 5.82 Å². The fourth-order valence-corrected chi connectivity index (χ4v) is 2.60. The third-order valence-corrected chi connectivity index (χ3v) is 3.62. The summed E-state index contributed by atoms with van der Waals surface area (Å²) in [5.74, 6) is 2.27. The minimum atomic E-state index is 0.180. The molecule has 1 fully saturated rings. The monoisotopic (exact) mass is 289 g/mol. The molecule has 112 valence electrons. The van der Waals surface area contributed by atoms with Crippen molar-refractivity contribution in [3.8, 4) is 22.8 Å².